The van der Waals surface area contributed by atoms with Crippen LogP contribution in [0, 0.1) is 19.8 Å². The first-order valence-electron chi connectivity index (χ1n) is 9.21. The summed E-state index contributed by atoms with van der Waals surface area (Å²) in [4.78, 5) is 12.1. The van der Waals surface area contributed by atoms with Crippen LogP contribution in [0.3, 0.4) is 0 Å². The average molecular weight is 316 g/mol. The van der Waals surface area contributed by atoms with Gasteiger partial charge in [0.05, 0.1) is 0 Å². The molecule has 1 aromatic heterocycles. The number of hydrogen-bond donors (Lipinski definition) is 0. The van der Waals surface area contributed by atoms with Gasteiger partial charge in [-0.25, -0.2) is 0 Å². The van der Waals surface area contributed by atoms with Crippen molar-refractivity contribution in [1.29, 1.82) is 0 Å². The molecule has 3 heterocycles. The highest BCUT2D eigenvalue weighted by Gasteiger charge is 2.20. The molecular weight excluding hydrogens is 284 g/mol. The Morgan fingerprint density at radius 1 is 0.957 bits per heavy atom. The van der Waals surface area contributed by atoms with E-state index >= 15 is 0 Å². The van der Waals surface area contributed by atoms with Crippen LogP contribution in [0.25, 0.3) is 0 Å². The van der Waals surface area contributed by atoms with Gasteiger partial charge in [-0.3, -0.25) is 9.88 Å². The van der Waals surface area contributed by atoms with Crippen LogP contribution in [0.1, 0.15) is 30.7 Å². The fourth-order valence-corrected chi connectivity index (χ4v) is 3.94. The highest BCUT2D eigenvalue weighted by molar-refractivity contribution is 5.48. The van der Waals surface area contributed by atoms with Crippen LogP contribution in [0.15, 0.2) is 12.1 Å². The van der Waals surface area contributed by atoms with E-state index in [-0.39, 0.29) is 0 Å². The smallest absolute Gasteiger partial charge is 0.0403 e. The van der Waals surface area contributed by atoms with Crippen LogP contribution in [0.4, 0.5) is 5.69 Å². The first-order chi connectivity index (χ1) is 11.1. The molecule has 0 aliphatic carbocycles. The molecular formula is C19H32N4. The Labute approximate surface area is 141 Å². The molecule has 0 unspecified atom stereocenters. The van der Waals surface area contributed by atoms with Gasteiger partial charge in [0.2, 0.25) is 0 Å². The second-order valence-electron chi connectivity index (χ2n) is 7.47. The minimum Gasteiger partial charge on any atom is -0.369 e. The van der Waals surface area contributed by atoms with E-state index in [0.717, 1.165) is 30.4 Å². The third kappa shape index (κ3) is 4.67. The zero-order chi connectivity index (χ0) is 16.2. The Bertz CT molecular complexity index is 480. The quantitative estimate of drug-likeness (QED) is 0.851. The van der Waals surface area contributed by atoms with E-state index in [2.05, 4.69) is 52.7 Å². The lowest BCUT2D eigenvalue weighted by Gasteiger charge is -2.37. The van der Waals surface area contributed by atoms with Gasteiger partial charge in [-0.1, -0.05) is 0 Å². The molecule has 2 fully saturated rings. The van der Waals surface area contributed by atoms with Crippen LogP contribution >= 0.6 is 0 Å². The SMILES string of the molecule is Cc1cc(N2CCN(CCC3CCN(C)CC3)CC2)cc(C)n1. The molecule has 0 amide bonds. The Morgan fingerprint density at radius 3 is 2.17 bits per heavy atom. The number of anilines is 1. The Balaban J connectivity index is 1.43. The first kappa shape index (κ1) is 16.7. The number of aromatic nitrogens is 1. The Morgan fingerprint density at radius 2 is 1.57 bits per heavy atom. The van der Waals surface area contributed by atoms with Gasteiger partial charge < -0.3 is 9.80 Å². The minimum atomic E-state index is 0.953. The lowest BCUT2D eigenvalue weighted by Crippen LogP contribution is -2.47. The van der Waals surface area contributed by atoms with Gasteiger partial charge in [0.25, 0.3) is 0 Å². The highest BCUT2D eigenvalue weighted by atomic mass is 15.3. The van der Waals surface area contributed by atoms with E-state index < -0.39 is 0 Å². The molecule has 2 aliphatic heterocycles. The maximum Gasteiger partial charge on any atom is 0.0403 e. The number of piperazine rings is 1. The summed E-state index contributed by atoms with van der Waals surface area (Å²) in [6.07, 6.45) is 4.18. The molecule has 0 N–H and O–H groups in total. The van der Waals surface area contributed by atoms with Crippen molar-refractivity contribution in [3.63, 3.8) is 0 Å². The number of likely N-dealkylation sites (tertiary alicyclic amines) is 1. The summed E-state index contributed by atoms with van der Waals surface area (Å²) in [5.74, 6) is 0.953. The van der Waals surface area contributed by atoms with Crippen molar-refractivity contribution in [3.8, 4) is 0 Å². The van der Waals surface area contributed by atoms with Crippen molar-refractivity contribution >= 4 is 5.69 Å². The molecule has 3 rings (SSSR count). The third-order valence-electron chi connectivity index (χ3n) is 5.50. The van der Waals surface area contributed by atoms with Gasteiger partial charge in [0.1, 0.15) is 0 Å². The number of rotatable bonds is 4. The summed E-state index contributed by atoms with van der Waals surface area (Å²) in [5, 5.41) is 0. The van der Waals surface area contributed by atoms with E-state index in [1.165, 1.54) is 57.7 Å². The zero-order valence-electron chi connectivity index (χ0n) is 15.1. The normalized spacial score (nSPS) is 21.8. The lowest BCUT2D eigenvalue weighted by molar-refractivity contribution is 0.182. The zero-order valence-corrected chi connectivity index (χ0v) is 15.1. The van der Waals surface area contributed by atoms with Crippen LogP contribution in [0.2, 0.25) is 0 Å². The van der Waals surface area contributed by atoms with Crippen LogP contribution in [-0.4, -0.2) is 67.6 Å². The topological polar surface area (TPSA) is 22.6 Å². The van der Waals surface area contributed by atoms with E-state index in [1.807, 2.05) is 0 Å². The van der Waals surface area contributed by atoms with Crippen molar-refractivity contribution in [2.24, 2.45) is 5.92 Å². The van der Waals surface area contributed by atoms with E-state index in [4.69, 9.17) is 0 Å². The molecule has 1 aromatic rings. The molecule has 2 saturated heterocycles. The number of hydrogen-bond acceptors (Lipinski definition) is 4. The van der Waals surface area contributed by atoms with Gasteiger partial charge in [-0.05, 0) is 77.8 Å². The van der Waals surface area contributed by atoms with Crippen LogP contribution in [0.5, 0.6) is 0 Å². The first-order valence-corrected chi connectivity index (χ1v) is 9.21. The van der Waals surface area contributed by atoms with Crippen molar-refractivity contribution in [2.45, 2.75) is 33.1 Å². The second-order valence-corrected chi connectivity index (χ2v) is 7.47. The molecule has 0 radical (unpaired) electrons. The summed E-state index contributed by atoms with van der Waals surface area (Å²) in [6, 6.07) is 4.45. The van der Waals surface area contributed by atoms with E-state index in [9.17, 15) is 0 Å². The van der Waals surface area contributed by atoms with Gasteiger partial charge in [-0.2, -0.15) is 0 Å². The monoisotopic (exact) mass is 316 g/mol. The van der Waals surface area contributed by atoms with Crippen molar-refractivity contribution in [2.75, 3.05) is 57.8 Å². The molecule has 0 atom stereocenters. The van der Waals surface area contributed by atoms with Gasteiger partial charge in [0, 0.05) is 43.3 Å². The summed E-state index contributed by atoms with van der Waals surface area (Å²) in [7, 11) is 2.25. The molecule has 0 aromatic carbocycles. The minimum absolute atomic E-state index is 0.953. The number of nitrogens with zero attached hydrogens (tertiary/aromatic N) is 4. The molecule has 0 spiro atoms. The number of aryl methyl sites for hydroxylation is 2. The summed E-state index contributed by atoms with van der Waals surface area (Å²) in [6.45, 7) is 12.8. The predicted octanol–water partition coefficient (Wildman–Crippen LogP) is 2.55. The Hall–Kier alpha value is -1.13. The maximum atomic E-state index is 4.49. The molecule has 2 aliphatic rings. The fraction of sp³-hybridized carbons (Fsp3) is 0.737. The van der Waals surface area contributed by atoms with Crippen molar-refractivity contribution in [3.05, 3.63) is 23.5 Å². The highest BCUT2D eigenvalue weighted by Crippen LogP contribution is 2.21. The van der Waals surface area contributed by atoms with Gasteiger partial charge in [0.15, 0.2) is 0 Å². The average Bonchev–Trinajstić information content (AvgIpc) is 2.54. The number of pyridine rings is 1. The largest absolute Gasteiger partial charge is 0.369 e. The Kier molecular flexibility index (Phi) is 5.54. The van der Waals surface area contributed by atoms with E-state index in [0.29, 0.717) is 0 Å². The lowest BCUT2D eigenvalue weighted by atomic mass is 9.93. The standard InChI is InChI=1S/C19H32N4/c1-16-14-19(15-17(2)20-16)23-12-10-22(11-13-23)9-6-18-4-7-21(3)8-5-18/h14-15,18H,4-13H2,1-3H3. The fourth-order valence-electron chi connectivity index (χ4n) is 3.94. The number of piperidine rings is 1. The molecule has 0 bridgehead atoms. The summed E-state index contributed by atoms with van der Waals surface area (Å²) in [5.41, 5.74) is 3.61. The molecule has 128 valence electrons. The summed E-state index contributed by atoms with van der Waals surface area (Å²) >= 11 is 0. The van der Waals surface area contributed by atoms with Crippen LogP contribution < -0.4 is 4.90 Å². The van der Waals surface area contributed by atoms with Crippen molar-refractivity contribution < 1.29 is 0 Å². The summed E-state index contributed by atoms with van der Waals surface area (Å²) < 4.78 is 0. The maximum absolute atomic E-state index is 4.49. The predicted molar refractivity (Wildman–Crippen MR) is 97.2 cm³/mol. The second kappa shape index (κ2) is 7.63. The molecule has 23 heavy (non-hydrogen) atoms. The van der Waals surface area contributed by atoms with Crippen LogP contribution in [-0.2, 0) is 0 Å². The molecule has 4 heteroatoms. The van der Waals surface area contributed by atoms with E-state index in [1.54, 1.807) is 0 Å². The molecule has 0 saturated carbocycles. The van der Waals surface area contributed by atoms with Gasteiger partial charge >= 0.3 is 0 Å². The third-order valence-corrected chi connectivity index (χ3v) is 5.50. The molecule has 4 nitrogen and oxygen atoms in total. The van der Waals surface area contributed by atoms with Crippen molar-refractivity contribution in [1.82, 2.24) is 14.8 Å². The van der Waals surface area contributed by atoms with Gasteiger partial charge in [-0.15, -0.1) is 0 Å².